The molecule has 0 spiro atoms. The van der Waals surface area contributed by atoms with E-state index in [2.05, 4.69) is 12.6 Å². The highest BCUT2D eigenvalue weighted by molar-refractivity contribution is 5.22. The SMILES string of the molecule is C=CCOc1[c]c(F)cc(F)c1. The molecule has 63 valence electrons. The van der Waals surface area contributed by atoms with Crippen molar-refractivity contribution in [1.29, 1.82) is 0 Å². The van der Waals surface area contributed by atoms with Gasteiger partial charge in [0.2, 0.25) is 0 Å². The maximum atomic E-state index is 12.5. The predicted octanol–water partition coefficient (Wildman–Crippen LogP) is 2.33. The summed E-state index contributed by atoms with van der Waals surface area (Å²) in [6, 6.07) is 4.01. The Bertz CT molecular complexity index is 264. The van der Waals surface area contributed by atoms with Crippen LogP contribution < -0.4 is 4.74 Å². The van der Waals surface area contributed by atoms with Crippen molar-refractivity contribution in [2.24, 2.45) is 0 Å². The van der Waals surface area contributed by atoms with Gasteiger partial charge < -0.3 is 4.74 Å². The van der Waals surface area contributed by atoms with Crippen molar-refractivity contribution in [2.75, 3.05) is 6.61 Å². The maximum Gasteiger partial charge on any atom is 0.137 e. The first-order valence-electron chi connectivity index (χ1n) is 3.34. The van der Waals surface area contributed by atoms with E-state index in [1.54, 1.807) is 0 Å². The first-order chi connectivity index (χ1) is 5.72. The Kier molecular flexibility index (Phi) is 2.80. The van der Waals surface area contributed by atoms with E-state index in [-0.39, 0.29) is 12.4 Å². The summed E-state index contributed by atoms with van der Waals surface area (Å²) in [4.78, 5) is 0. The van der Waals surface area contributed by atoms with Crippen molar-refractivity contribution in [2.45, 2.75) is 0 Å². The van der Waals surface area contributed by atoms with Gasteiger partial charge in [-0.1, -0.05) is 12.7 Å². The van der Waals surface area contributed by atoms with Crippen molar-refractivity contribution in [3.63, 3.8) is 0 Å². The lowest BCUT2D eigenvalue weighted by Gasteiger charge is -2.01. The summed E-state index contributed by atoms with van der Waals surface area (Å²) in [5.74, 6) is -1.40. The molecule has 0 bridgehead atoms. The van der Waals surface area contributed by atoms with Crippen molar-refractivity contribution < 1.29 is 13.5 Å². The molecule has 0 amide bonds. The summed E-state index contributed by atoms with van der Waals surface area (Å²) >= 11 is 0. The van der Waals surface area contributed by atoms with Gasteiger partial charge in [-0.25, -0.2) is 8.78 Å². The molecule has 0 N–H and O–H groups in total. The van der Waals surface area contributed by atoms with Crippen molar-refractivity contribution >= 4 is 0 Å². The minimum atomic E-state index is -0.769. The fourth-order valence-corrected chi connectivity index (χ4v) is 0.704. The molecule has 0 aliphatic heterocycles. The summed E-state index contributed by atoms with van der Waals surface area (Å²) in [5, 5.41) is 0. The van der Waals surface area contributed by atoms with E-state index in [9.17, 15) is 8.78 Å². The number of rotatable bonds is 3. The van der Waals surface area contributed by atoms with Crippen LogP contribution in [0.15, 0.2) is 24.8 Å². The zero-order chi connectivity index (χ0) is 8.97. The Morgan fingerprint density at radius 2 is 2.25 bits per heavy atom. The van der Waals surface area contributed by atoms with E-state index in [0.29, 0.717) is 0 Å². The Morgan fingerprint density at radius 3 is 2.83 bits per heavy atom. The van der Waals surface area contributed by atoms with Gasteiger partial charge in [0.05, 0.1) is 6.07 Å². The summed E-state index contributed by atoms with van der Waals surface area (Å²) in [7, 11) is 0. The Labute approximate surface area is 69.3 Å². The normalized spacial score (nSPS) is 9.50. The molecule has 1 radical (unpaired) electrons. The quantitative estimate of drug-likeness (QED) is 0.631. The third-order valence-electron chi connectivity index (χ3n) is 1.13. The average Bonchev–Trinajstić information content (AvgIpc) is 1.99. The average molecular weight is 169 g/mol. The second kappa shape index (κ2) is 3.85. The van der Waals surface area contributed by atoms with Gasteiger partial charge in [-0.05, 0) is 0 Å². The van der Waals surface area contributed by atoms with E-state index in [0.717, 1.165) is 12.1 Å². The number of hydrogen-bond donors (Lipinski definition) is 0. The molecule has 0 fully saturated rings. The third-order valence-corrected chi connectivity index (χ3v) is 1.13. The molecule has 1 nitrogen and oxygen atoms in total. The van der Waals surface area contributed by atoms with Gasteiger partial charge >= 0.3 is 0 Å². The van der Waals surface area contributed by atoms with Crippen molar-refractivity contribution in [3.8, 4) is 5.75 Å². The van der Waals surface area contributed by atoms with Crippen LogP contribution in [0.25, 0.3) is 0 Å². The van der Waals surface area contributed by atoms with Gasteiger partial charge in [0.25, 0.3) is 0 Å². The first-order valence-corrected chi connectivity index (χ1v) is 3.34. The minimum Gasteiger partial charge on any atom is -0.489 e. The molecule has 0 saturated carbocycles. The molecule has 0 aromatic heterocycles. The Hall–Kier alpha value is -1.38. The van der Waals surface area contributed by atoms with Gasteiger partial charge in [0, 0.05) is 12.1 Å². The van der Waals surface area contributed by atoms with Crippen molar-refractivity contribution in [1.82, 2.24) is 0 Å². The molecule has 0 aliphatic carbocycles. The highest BCUT2D eigenvalue weighted by atomic mass is 19.1. The van der Waals surface area contributed by atoms with Crippen LogP contribution >= 0.6 is 0 Å². The largest absolute Gasteiger partial charge is 0.489 e. The van der Waals surface area contributed by atoms with Crippen LogP contribution in [0.3, 0.4) is 0 Å². The zero-order valence-electron chi connectivity index (χ0n) is 6.31. The standard InChI is InChI=1S/C9H7F2O/c1-2-3-12-9-5-7(10)4-8(11)6-9/h2,4-5H,1,3H2. The van der Waals surface area contributed by atoms with Gasteiger partial charge in [-0.15, -0.1) is 0 Å². The number of halogens is 2. The van der Waals surface area contributed by atoms with Crippen LogP contribution in [-0.2, 0) is 0 Å². The van der Waals surface area contributed by atoms with E-state index in [1.165, 1.54) is 6.08 Å². The Morgan fingerprint density at radius 1 is 1.50 bits per heavy atom. The number of benzene rings is 1. The monoisotopic (exact) mass is 169 g/mol. The predicted molar refractivity (Wildman–Crippen MR) is 40.9 cm³/mol. The van der Waals surface area contributed by atoms with Gasteiger partial charge in [0.15, 0.2) is 0 Å². The summed E-state index contributed by atoms with van der Waals surface area (Å²) in [6.07, 6.45) is 1.48. The molecule has 12 heavy (non-hydrogen) atoms. The van der Waals surface area contributed by atoms with Crippen LogP contribution in [0.1, 0.15) is 0 Å². The maximum absolute atomic E-state index is 12.5. The number of ether oxygens (including phenoxy) is 1. The molecule has 0 aliphatic rings. The molecule has 1 aromatic carbocycles. The van der Waals surface area contributed by atoms with E-state index in [4.69, 9.17) is 4.74 Å². The summed E-state index contributed by atoms with van der Waals surface area (Å²) in [5.41, 5.74) is 0. The molecule has 3 heteroatoms. The summed E-state index contributed by atoms with van der Waals surface area (Å²) in [6.45, 7) is 3.60. The first kappa shape index (κ1) is 8.71. The summed E-state index contributed by atoms with van der Waals surface area (Å²) < 4.78 is 29.8. The van der Waals surface area contributed by atoms with E-state index in [1.807, 2.05) is 0 Å². The van der Waals surface area contributed by atoms with Crippen LogP contribution in [0.5, 0.6) is 5.75 Å². The van der Waals surface area contributed by atoms with Gasteiger partial charge in [-0.2, -0.15) is 0 Å². The molecule has 1 rings (SSSR count). The fourth-order valence-electron chi connectivity index (χ4n) is 0.704. The number of hydrogen-bond acceptors (Lipinski definition) is 1. The second-order valence-corrected chi connectivity index (χ2v) is 2.11. The highest BCUT2D eigenvalue weighted by Gasteiger charge is 2.00. The molecular formula is C9H7F2O. The smallest absolute Gasteiger partial charge is 0.137 e. The van der Waals surface area contributed by atoms with Crippen LogP contribution in [-0.4, -0.2) is 6.61 Å². The molecular weight excluding hydrogens is 162 g/mol. The highest BCUT2D eigenvalue weighted by Crippen LogP contribution is 2.13. The molecule has 0 atom stereocenters. The van der Waals surface area contributed by atoms with E-state index < -0.39 is 11.6 Å². The van der Waals surface area contributed by atoms with Crippen molar-refractivity contribution in [3.05, 3.63) is 42.5 Å². The topological polar surface area (TPSA) is 9.23 Å². The van der Waals surface area contributed by atoms with Gasteiger partial charge in [0.1, 0.15) is 24.0 Å². The molecule has 0 unspecified atom stereocenters. The van der Waals surface area contributed by atoms with E-state index >= 15 is 0 Å². The van der Waals surface area contributed by atoms with Crippen LogP contribution in [0.2, 0.25) is 0 Å². The zero-order valence-corrected chi connectivity index (χ0v) is 6.31. The molecule has 0 heterocycles. The fraction of sp³-hybridized carbons (Fsp3) is 0.111. The lowest BCUT2D eigenvalue weighted by atomic mass is 10.3. The molecule has 0 saturated heterocycles. The minimum absolute atomic E-state index is 0.0485. The van der Waals surface area contributed by atoms with Crippen LogP contribution in [0, 0.1) is 17.7 Å². The van der Waals surface area contributed by atoms with Crippen LogP contribution in [0.4, 0.5) is 8.78 Å². The van der Waals surface area contributed by atoms with Gasteiger partial charge in [-0.3, -0.25) is 0 Å². The molecule has 1 aromatic rings. The second-order valence-electron chi connectivity index (χ2n) is 2.11. The lowest BCUT2D eigenvalue weighted by molar-refractivity contribution is 0.357. The Balaban J connectivity index is 2.78. The third kappa shape index (κ3) is 2.34. The lowest BCUT2D eigenvalue weighted by Crippen LogP contribution is -1.94.